The Bertz CT molecular complexity index is 1100. The zero-order chi connectivity index (χ0) is 23.1. The Morgan fingerprint density at radius 1 is 0.906 bits per heavy atom. The maximum absolute atomic E-state index is 12.6. The molecule has 0 fully saturated rings. The molecule has 172 valence electrons. The summed E-state index contributed by atoms with van der Waals surface area (Å²) in [6.45, 7) is 5.10. The van der Waals surface area contributed by atoms with Gasteiger partial charge in [0, 0.05) is 24.5 Å². The molecule has 1 N–H and O–H groups in total. The summed E-state index contributed by atoms with van der Waals surface area (Å²) in [6.07, 6.45) is -0.448. The minimum atomic E-state index is -4.14. The lowest BCUT2D eigenvalue weighted by Crippen LogP contribution is -2.30. The normalized spacial score (nSPS) is 12.7. The minimum absolute atomic E-state index is 0.143. The number of ether oxygens (including phenoxy) is 4. The number of carbonyl (C=O) groups excluding carboxylic acids is 2. The molecular weight excluding hydrogens is 438 g/mol. The molecule has 0 spiro atoms. The molecule has 0 saturated carbocycles. The standard InChI is InChI=1S/C22H25NO8S/c1-3-28-18-9-6-16(14-21(18)29-4-2)32(26,27)23-22(25)10-7-17(24)15-5-8-19-20(13-15)31-12-11-30-19/h5-6,8-9,13-14H,3-4,7,10-12H2,1-2H3,(H,23,25). The Kier molecular flexibility index (Phi) is 7.57. The van der Waals surface area contributed by atoms with Gasteiger partial charge in [-0.25, -0.2) is 13.1 Å². The highest BCUT2D eigenvalue weighted by atomic mass is 32.2. The van der Waals surface area contributed by atoms with Gasteiger partial charge < -0.3 is 18.9 Å². The van der Waals surface area contributed by atoms with Crippen molar-refractivity contribution in [3.05, 3.63) is 42.0 Å². The van der Waals surface area contributed by atoms with Crippen molar-refractivity contribution < 1.29 is 37.0 Å². The molecular formula is C22H25NO8S. The van der Waals surface area contributed by atoms with Gasteiger partial charge in [0.05, 0.1) is 18.1 Å². The number of ketones is 1. The molecule has 9 nitrogen and oxygen atoms in total. The van der Waals surface area contributed by atoms with Crippen LogP contribution in [0.4, 0.5) is 0 Å². The van der Waals surface area contributed by atoms with Crippen molar-refractivity contribution >= 4 is 21.7 Å². The molecule has 32 heavy (non-hydrogen) atoms. The molecule has 0 saturated heterocycles. The summed E-state index contributed by atoms with van der Waals surface area (Å²) >= 11 is 0. The number of hydrogen-bond donors (Lipinski definition) is 1. The fourth-order valence-electron chi connectivity index (χ4n) is 3.05. The SMILES string of the molecule is CCOc1ccc(S(=O)(=O)NC(=O)CCC(=O)c2ccc3c(c2)OCCO3)cc1OCC. The zero-order valence-electron chi connectivity index (χ0n) is 17.9. The third-order valence-electron chi connectivity index (χ3n) is 4.52. The zero-order valence-corrected chi connectivity index (χ0v) is 18.7. The molecule has 0 bridgehead atoms. The van der Waals surface area contributed by atoms with E-state index in [1.165, 1.54) is 18.2 Å². The van der Waals surface area contributed by atoms with E-state index in [4.69, 9.17) is 18.9 Å². The molecule has 10 heteroatoms. The Morgan fingerprint density at radius 3 is 2.31 bits per heavy atom. The molecule has 1 amide bonds. The van der Waals surface area contributed by atoms with Gasteiger partial charge in [0.25, 0.3) is 10.0 Å². The van der Waals surface area contributed by atoms with E-state index in [0.717, 1.165) is 0 Å². The van der Waals surface area contributed by atoms with E-state index in [9.17, 15) is 18.0 Å². The Hall–Kier alpha value is -3.27. The van der Waals surface area contributed by atoms with Crippen LogP contribution in [0.25, 0.3) is 0 Å². The van der Waals surface area contributed by atoms with Crippen LogP contribution in [0.2, 0.25) is 0 Å². The Labute approximate surface area is 186 Å². The number of fused-ring (bicyclic) bond motifs is 1. The second kappa shape index (κ2) is 10.4. The topological polar surface area (TPSA) is 117 Å². The number of carbonyl (C=O) groups is 2. The summed E-state index contributed by atoms with van der Waals surface area (Å²) in [5.74, 6) is 0.591. The first-order valence-corrected chi connectivity index (χ1v) is 11.7. The summed E-state index contributed by atoms with van der Waals surface area (Å²) < 4.78 is 48.9. The summed E-state index contributed by atoms with van der Waals surface area (Å²) in [4.78, 5) is 24.5. The number of benzene rings is 2. The molecule has 2 aromatic rings. The highest BCUT2D eigenvalue weighted by Gasteiger charge is 2.21. The van der Waals surface area contributed by atoms with Crippen molar-refractivity contribution in [2.75, 3.05) is 26.4 Å². The first kappa shape index (κ1) is 23.4. The van der Waals surface area contributed by atoms with Crippen molar-refractivity contribution in [1.82, 2.24) is 4.72 Å². The molecule has 0 atom stereocenters. The number of Topliss-reactive ketones (excluding diaryl/α,β-unsaturated/α-hetero) is 1. The van der Waals surface area contributed by atoms with Gasteiger partial charge in [-0.3, -0.25) is 9.59 Å². The lowest BCUT2D eigenvalue weighted by molar-refractivity contribution is -0.119. The van der Waals surface area contributed by atoms with Gasteiger partial charge in [-0.15, -0.1) is 0 Å². The van der Waals surface area contributed by atoms with Gasteiger partial charge in [0.1, 0.15) is 13.2 Å². The number of nitrogens with one attached hydrogen (secondary N) is 1. The van der Waals surface area contributed by atoms with Crippen LogP contribution >= 0.6 is 0 Å². The number of sulfonamides is 1. The molecule has 1 heterocycles. The predicted molar refractivity (Wildman–Crippen MR) is 115 cm³/mol. The summed E-state index contributed by atoms with van der Waals surface area (Å²) in [5.41, 5.74) is 0.359. The van der Waals surface area contributed by atoms with Gasteiger partial charge in [-0.1, -0.05) is 0 Å². The van der Waals surface area contributed by atoms with Crippen LogP contribution in [0.5, 0.6) is 23.0 Å². The fraction of sp³-hybridized carbons (Fsp3) is 0.364. The third-order valence-corrected chi connectivity index (χ3v) is 5.89. The Balaban J connectivity index is 1.62. The van der Waals surface area contributed by atoms with Crippen LogP contribution in [0, 0.1) is 0 Å². The largest absolute Gasteiger partial charge is 0.490 e. The van der Waals surface area contributed by atoms with E-state index in [2.05, 4.69) is 0 Å². The summed E-state index contributed by atoms with van der Waals surface area (Å²) in [7, 11) is -4.14. The van der Waals surface area contributed by atoms with E-state index in [1.807, 2.05) is 4.72 Å². The van der Waals surface area contributed by atoms with Crippen LogP contribution in [0.15, 0.2) is 41.3 Å². The lowest BCUT2D eigenvalue weighted by Gasteiger charge is -2.18. The van der Waals surface area contributed by atoms with E-state index >= 15 is 0 Å². The number of hydrogen-bond acceptors (Lipinski definition) is 8. The average molecular weight is 464 g/mol. The highest BCUT2D eigenvalue weighted by Crippen LogP contribution is 2.32. The first-order chi connectivity index (χ1) is 15.3. The minimum Gasteiger partial charge on any atom is -0.490 e. The van der Waals surface area contributed by atoms with Crippen molar-refractivity contribution in [3.8, 4) is 23.0 Å². The monoisotopic (exact) mass is 463 g/mol. The van der Waals surface area contributed by atoms with Crippen molar-refractivity contribution in [3.63, 3.8) is 0 Å². The Morgan fingerprint density at radius 2 is 1.59 bits per heavy atom. The van der Waals surface area contributed by atoms with Gasteiger partial charge in [0.2, 0.25) is 5.91 Å². The average Bonchev–Trinajstić information content (AvgIpc) is 2.78. The molecule has 0 aromatic heterocycles. The van der Waals surface area contributed by atoms with Gasteiger partial charge in [-0.05, 0) is 44.2 Å². The van der Waals surface area contributed by atoms with Crippen LogP contribution < -0.4 is 23.7 Å². The van der Waals surface area contributed by atoms with Crippen LogP contribution in [0.3, 0.4) is 0 Å². The highest BCUT2D eigenvalue weighted by molar-refractivity contribution is 7.90. The molecule has 0 aliphatic carbocycles. The molecule has 0 unspecified atom stereocenters. The summed E-state index contributed by atoms with van der Waals surface area (Å²) in [6, 6.07) is 8.86. The van der Waals surface area contributed by atoms with Crippen LogP contribution in [-0.4, -0.2) is 46.5 Å². The van der Waals surface area contributed by atoms with Crippen LogP contribution in [-0.2, 0) is 14.8 Å². The van der Waals surface area contributed by atoms with Gasteiger partial charge in [0.15, 0.2) is 28.8 Å². The molecule has 1 aliphatic heterocycles. The number of rotatable bonds is 10. The van der Waals surface area contributed by atoms with E-state index in [1.54, 1.807) is 32.0 Å². The molecule has 2 aromatic carbocycles. The van der Waals surface area contributed by atoms with E-state index in [-0.39, 0.29) is 29.3 Å². The lowest BCUT2D eigenvalue weighted by atomic mass is 10.1. The third kappa shape index (κ3) is 5.70. The van der Waals surface area contributed by atoms with Crippen molar-refractivity contribution in [2.45, 2.75) is 31.6 Å². The first-order valence-electron chi connectivity index (χ1n) is 10.2. The van der Waals surface area contributed by atoms with Crippen molar-refractivity contribution in [2.24, 2.45) is 0 Å². The van der Waals surface area contributed by atoms with E-state index in [0.29, 0.717) is 49.2 Å². The molecule has 1 aliphatic rings. The van der Waals surface area contributed by atoms with Crippen molar-refractivity contribution in [1.29, 1.82) is 0 Å². The maximum Gasteiger partial charge on any atom is 0.264 e. The second-order valence-electron chi connectivity index (χ2n) is 6.78. The second-order valence-corrected chi connectivity index (χ2v) is 8.47. The van der Waals surface area contributed by atoms with Gasteiger partial charge in [-0.2, -0.15) is 0 Å². The maximum atomic E-state index is 12.6. The predicted octanol–water partition coefficient (Wildman–Crippen LogP) is 2.72. The smallest absolute Gasteiger partial charge is 0.264 e. The quantitative estimate of drug-likeness (QED) is 0.535. The van der Waals surface area contributed by atoms with Crippen LogP contribution in [0.1, 0.15) is 37.0 Å². The fourth-order valence-corrected chi connectivity index (χ4v) is 4.08. The molecule has 0 radical (unpaired) electrons. The molecule has 3 rings (SSSR count). The van der Waals surface area contributed by atoms with E-state index < -0.39 is 15.9 Å². The van der Waals surface area contributed by atoms with Gasteiger partial charge >= 0.3 is 0 Å². The summed E-state index contributed by atoms with van der Waals surface area (Å²) in [5, 5.41) is 0. The number of amides is 1.